The zero-order chi connectivity index (χ0) is 20.9. The fourth-order valence-electron chi connectivity index (χ4n) is 4.88. The van der Waals surface area contributed by atoms with Crippen molar-refractivity contribution in [2.75, 3.05) is 52.5 Å². The summed E-state index contributed by atoms with van der Waals surface area (Å²) in [4.78, 5) is 5.06. The van der Waals surface area contributed by atoms with Crippen LogP contribution >= 0.6 is 0 Å². The van der Waals surface area contributed by atoms with Crippen molar-refractivity contribution < 1.29 is 13.9 Å². The van der Waals surface area contributed by atoms with Gasteiger partial charge < -0.3 is 23.7 Å². The fourth-order valence-corrected chi connectivity index (χ4v) is 4.88. The van der Waals surface area contributed by atoms with Gasteiger partial charge in [-0.3, -0.25) is 0 Å². The maximum atomic E-state index is 6.05. The summed E-state index contributed by atoms with van der Waals surface area (Å²) in [6, 6.07) is 12.3. The summed E-state index contributed by atoms with van der Waals surface area (Å²) in [6.45, 7) is 8.76. The fraction of sp³-hybridized carbons (Fsp3) is 0.538. The Labute approximate surface area is 184 Å². The number of furan rings is 1. The summed E-state index contributed by atoms with van der Waals surface area (Å²) in [6.07, 6.45) is 7.51. The van der Waals surface area contributed by atoms with Gasteiger partial charge in [-0.25, -0.2) is 0 Å². The standard InChI is InChI=1S/C26H34N2O3/c1-2-12-27(11-1)15-5-17-29-21-7-9-25-23(19-21)24-20-22(8-10-26(24)31-25)30-18-6-16-28-13-3-4-14-28/h7-10,19-20H,1-6,11-18H2. The van der Waals surface area contributed by atoms with Crippen LogP contribution in [-0.2, 0) is 0 Å². The van der Waals surface area contributed by atoms with Crippen LogP contribution in [0.15, 0.2) is 40.8 Å². The van der Waals surface area contributed by atoms with Gasteiger partial charge in [-0.2, -0.15) is 0 Å². The third kappa shape index (κ3) is 5.16. The van der Waals surface area contributed by atoms with E-state index in [0.717, 1.165) is 72.6 Å². The quantitative estimate of drug-likeness (QED) is 0.414. The molecule has 5 nitrogen and oxygen atoms in total. The minimum Gasteiger partial charge on any atom is -0.494 e. The van der Waals surface area contributed by atoms with Crippen LogP contribution in [0.25, 0.3) is 21.9 Å². The van der Waals surface area contributed by atoms with Crippen molar-refractivity contribution in [3.8, 4) is 11.5 Å². The monoisotopic (exact) mass is 422 g/mol. The van der Waals surface area contributed by atoms with E-state index in [0.29, 0.717) is 0 Å². The molecule has 0 aliphatic carbocycles. The first-order chi connectivity index (χ1) is 15.3. The van der Waals surface area contributed by atoms with Crippen molar-refractivity contribution in [1.29, 1.82) is 0 Å². The Kier molecular flexibility index (Phi) is 6.61. The minimum atomic E-state index is 0.753. The summed E-state index contributed by atoms with van der Waals surface area (Å²) < 4.78 is 18.1. The number of likely N-dealkylation sites (tertiary alicyclic amines) is 2. The number of benzene rings is 2. The van der Waals surface area contributed by atoms with Gasteiger partial charge in [-0.1, -0.05) is 0 Å². The largest absolute Gasteiger partial charge is 0.494 e. The normalized spacial score (nSPS) is 17.8. The van der Waals surface area contributed by atoms with Gasteiger partial charge in [0.05, 0.1) is 13.2 Å². The Morgan fingerprint density at radius 3 is 1.55 bits per heavy atom. The molecule has 3 aromatic rings. The Hall–Kier alpha value is -2.24. The number of nitrogens with zero attached hydrogens (tertiary/aromatic N) is 2. The van der Waals surface area contributed by atoms with E-state index in [2.05, 4.69) is 21.9 Å². The van der Waals surface area contributed by atoms with Crippen molar-refractivity contribution in [2.45, 2.75) is 38.5 Å². The lowest BCUT2D eigenvalue weighted by molar-refractivity contribution is 0.263. The first-order valence-electron chi connectivity index (χ1n) is 12.0. The molecule has 5 rings (SSSR count). The molecule has 0 N–H and O–H groups in total. The third-order valence-corrected chi connectivity index (χ3v) is 6.58. The second-order valence-corrected chi connectivity index (χ2v) is 8.92. The molecule has 2 saturated heterocycles. The van der Waals surface area contributed by atoms with Crippen LogP contribution in [0.4, 0.5) is 0 Å². The van der Waals surface area contributed by atoms with Crippen molar-refractivity contribution in [1.82, 2.24) is 9.80 Å². The highest BCUT2D eigenvalue weighted by atomic mass is 16.5. The van der Waals surface area contributed by atoms with E-state index < -0.39 is 0 Å². The topological polar surface area (TPSA) is 38.1 Å². The molecule has 0 saturated carbocycles. The first-order valence-corrected chi connectivity index (χ1v) is 12.0. The van der Waals surface area contributed by atoms with Crippen molar-refractivity contribution >= 4 is 21.9 Å². The van der Waals surface area contributed by atoms with Crippen LogP contribution in [0.3, 0.4) is 0 Å². The van der Waals surface area contributed by atoms with E-state index in [1.54, 1.807) is 0 Å². The number of rotatable bonds is 10. The zero-order valence-electron chi connectivity index (χ0n) is 18.5. The van der Waals surface area contributed by atoms with E-state index >= 15 is 0 Å². The van der Waals surface area contributed by atoms with Crippen LogP contribution in [-0.4, -0.2) is 62.3 Å². The third-order valence-electron chi connectivity index (χ3n) is 6.58. The van der Waals surface area contributed by atoms with Gasteiger partial charge in [-0.15, -0.1) is 0 Å². The van der Waals surface area contributed by atoms with Gasteiger partial charge in [0.2, 0.25) is 0 Å². The summed E-state index contributed by atoms with van der Waals surface area (Å²) in [5, 5.41) is 2.18. The molecule has 2 aliphatic rings. The molecule has 0 bridgehead atoms. The smallest absolute Gasteiger partial charge is 0.135 e. The van der Waals surface area contributed by atoms with Gasteiger partial charge in [0.25, 0.3) is 0 Å². The first kappa shape index (κ1) is 20.7. The molecule has 0 atom stereocenters. The van der Waals surface area contributed by atoms with Crippen LogP contribution < -0.4 is 9.47 Å². The number of hydrogen-bond acceptors (Lipinski definition) is 5. The molecule has 0 amide bonds. The molecule has 0 spiro atoms. The van der Waals surface area contributed by atoms with Gasteiger partial charge in [0.15, 0.2) is 0 Å². The lowest BCUT2D eigenvalue weighted by atomic mass is 10.1. The molecule has 0 radical (unpaired) electrons. The maximum absolute atomic E-state index is 6.05. The maximum Gasteiger partial charge on any atom is 0.135 e. The zero-order valence-corrected chi connectivity index (χ0v) is 18.5. The van der Waals surface area contributed by atoms with E-state index in [1.165, 1.54) is 51.9 Å². The average molecular weight is 423 g/mol. The number of hydrogen-bond donors (Lipinski definition) is 0. The van der Waals surface area contributed by atoms with E-state index in [1.807, 2.05) is 24.3 Å². The summed E-state index contributed by atoms with van der Waals surface area (Å²) in [5.74, 6) is 1.82. The highest BCUT2D eigenvalue weighted by molar-refractivity contribution is 6.05. The summed E-state index contributed by atoms with van der Waals surface area (Å²) >= 11 is 0. The van der Waals surface area contributed by atoms with Crippen LogP contribution in [0.1, 0.15) is 38.5 Å². The summed E-state index contributed by atoms with van der Waals surface area (Å²) in [5.41, 5.74) is 1.79. The lowest BCUT2D eigenvalue weighted by Crippen LogP contribution is -2.21. The molecule has 3 heterocycles. The lowest BCUT2D eigenvalue weighted by Gasteiger charge is -2.14. The van der Waals surface area contributed by atoms with Crippen molar-refractivity contribution in [3.63, 3.8) is 0 Å². The number of ether oxygens (including phenoxy) is 2. The van der Waals surface area contributed by atoms with Crippen molar-refractivity contribution in [3.05, 3.63) is 36.4 Å². The number of fused-ring (bicyclic) bond motifs is 3. The molecular formula is C26H34N2O3. The highest BCUT2D eigenvalue weighted by Gasteiger charge is 2.13. The molecule has 31 heavy (non-hydrogen) atoms. The Morgan fingerprint density at radius 2 is 1.10 bits per heavy atom. The SMILES string of the molecule is c1cc2oc3ccc(OCCCN4CCCC4)cc3c2cc1OCCCN1CCCC1. The van der Waals surface area contributed by atoms with Gasteiger partial charge in [-0.05, 0) is 101 Å². The molecule has 166 valence electrons. The van der Waals surface area contributed by atoms with E-state index in [4.69, 9.17) is 13.9 Å². The summed E-state index contributed by atoms with van der Waals surface area (Å²) in [7, 11) is 0. The molecule has 2 fully saturated rings. The predicted molar refractivity (Wildman–Crippen MR) is 125 cm³/mol. The van der Waals surface area contributed by atoms with Crippen LogP contribution in [0, 0.1) is 0 Å². The molecule has 0 unspecified atom stereocenters. The predicted octanol–water partition coefficient (Wildman–Crippen LogP) is 5.32. The van der Waals surface area contributed by atoms with Crippen LogP contribution in [0.5, 0.6) is 11.5 Å². The second kappa shape index (κ2) is 9.92. The molecule has 5 heteroatoms. The van der Waals surface area contributed by atoms with Gasteiger partial charge in [0.1, 0.15) is 22.7 Å². The van der Waals surface area contributed by atoms with Crippen molar-refractivity contribution in [2.24, 2.45) is 0 Å². The highest BCUT2D eigenvalue weighted by Crippen LogP contribution is 2.33. The molecule has 2 aromatic carbocycles. The van der Waals surface area contributed by atoms with Gasteiger partial charge >= 0.3 is 0 Å². The Balaban J connectivity index is 1.19. The van der Waals surface area contributed by atoms with Crippen LogP contribution in [0.2, 0.25) is 0 Å². The van der Waals surface area contributed by atoms with Gasteiger partial charge in [0, 0.05) is 23.9 Å². The Morgan fingerprint density at radius 1 is 0.645 bits per heavy atom. The average Bonchev–Trinajstić information content (AvgIpc) is 3.55. The van der Waals surface area contributed by atoms with E-state index in [-0.39, 0.29) is 0 Å². The molecular weight excluding hydrogens is 388 g/mol. The Bertz CT molecular complexity index is 909. The molecule has 2 aliphatic heterocycles. The second-order valence-electron chi connectivity index (χ2n) is 8.92. The minimum absolute atomic E-state index is 0.753. The van der Waals surface area contributed by atoms with E-state index in [9.17, 15) is 0 Å². The molecule has 1 aromatic heterocycles.